The van der Waals surface area contributed by atoms with Crippen LogP contribution in [0.1, 0.15) is 0 Å². The van der Waals surface area contributed by atoms with Gasteiger partial charge in [-0.05, 0) is 34.4 Å². The normalized spacial score (nSPS) is 31.9. The summed E-state index contributed by atoms with van der Waals surface area (Å²) in [5.74, 6) is 0.976. The molecule has 17 heavy (non-hydrogen) atoms. The highest BCUT2D eigenvalue weighted by molar-refractivity contribution is 5.60. The maximum Gasteiger partial charge on any atom is 0.0319 e. The standard InChI is InChI=1S/C16H13N/c17-14-8-12-6-4-10-2-1-3-11-5-7-13(9-14)16(12)15(10)11/h1-9,15-16H,17H2. The lowest BCUT2D eigenvalue weighted by molar-refractivity contribution is 0.562. The lowest BCUT2D eigenvalue weighted by Crippen LogP contribution is -2.29. The molecular weight excluding hydrogens is 206 g/mol. The van der Waals surface area contributed by atoms with Crippen molar-refractivity contribution in [2.45, 2.75) is 0 Å². The Kier molecular flexibility index (Phi) is 1.60. The van der Waals surface area contributed by atoms with Crippen molar-refractivity contribution in [2.75, 3.05) is 0 Å². The fourth-order valence-electron chi connectivity index (χ4n) is 3.25. The van der Waals surface area contributed by atoms with Crippen LogP contribution in [0.2, 0.25) is 0 Å². The molecule has 2 N–H and O–H groups in total. The van der Waals surface area contributed by atoms with Crippen molar-refractivity contribution < 1.29 is 0 Å². The van der Waals surface area contributed by atoms with Gasteiger partial charge in [-0.15, -0.1) is 0 Å². The van der Waals surface area contributed by atoms with Crippen LogP contribution < -0.4 is 5.73 Å². The van der Waals surface area contributed by atoms with Gasteiger partial charge in [0.05, 0.1) is 0 Å². The van der Waals surface area contributed by atoms with Gasteiger partial charge < -0.3 is 5.73 Å². The SMILES string of the molecule is NC1=CC2=CC=C3C=CC=C4C=CC(=C1)C2C43. The summed E-state index contributed by atoms with van der Waals surface area (Å²) in [6.07, 6.45) is 19.7. The fourth-order valence-corrected chi connectivity index (χ4v) is 3.25. The summed E-state index contributed by atoms with van der Waals surface area (Å²) < 4.78 is 0. The molecule has 0 saturated carbocycles. The van der Waals surface area contributed by atoms with Crippen molar-refractivity contribution in [1.82, 2.24) is 0 Å². The second-order valence-corrected chi connectivity index (χ2v) is 4.94. The monoisotopic (exact) mass is 219 g/mol. The molecule has 82 valence electrons. The maximum absolute atomic E-state index is 5.95. The average Bonchev–Trinajstić information content (AvgIpc) is 2.35. The van der Waals surface area contributed by atoms with E-state index in [0.29, 0.717) is 11.8 Å². The van der Waals surface area contributed by atoms with Crippen LogP contribution in [0.3, 0.4) is 0 Å². The molecule has 0 heterocycles. The maximum atomic E-state index is 5.95. The molecule has 2 atom stereocenters. The first-order valence-electron chi connectivity index (χ1n) is 6.00. The molecule has 0 amide bonds. The van der Waals surface area contributed by atoms with Crippen LogP contribution in [0.15, 0.2) is 82.7 Å². The van der Waals surface area contributed by atoms with Gasteiger partial charge in [0.1, 0.15) is 0 Å². The first-order chi connectivity index (χ1) is 8.33. The van der Waals surface area contributed by atoms with Crippen molar-refractivity contribution >= 4 is 0 Å². The number of allylic oxidation sites excluding steroid dienone is 13. The predicted octanol–water partition coefficient (Wildman–Crippen LogP) is 2.93. The van der Waals surface area contributed by atoms with Gasteiger partial charge in [-0.3, -0.25) is 0 Å². The molecular formula is C16H13N. The first kappa shape index (κ1) is 9.06. The van der Waals surface area contributed by atoms with Crippen LogP contribution in [-0.2, 0) is 0 Å². The molecule has 2 unspecified atom stereocenters. The molecule has 0 fully saturated rings. The Morgan fingerprint density at radius 3 is 2.35 bits per heavy atom. The van der Waals surface area contributed by atoms with Crippen molar-refractivity contribution in [3.05, 3.63) is 82.7 Å². The van der Waals surface area contributed by atoms with E-state index in [9.17, 15) is 0 Å². The van der Waals surface area contributed by atoms with Crippen LogP contribution in [0.25, 0.3) is 0 Å². The summed E-state index contributed by atoms with van der Waals surface area (Å²) in [6.45, 7) is 0. The van der Waals surface area contributed by atoms with E-state index >= 15 is 0 Å². The third kappa shape index (κ3) is 1.14. The number of hydrogen-bond donors (Lipinski definition) is 1. The third-order valence-corrected chi connectivity index (χ3v) is 3.95. The molecule has 0 aliphatic heterocycles. The van der Waals surface area contributed by atoms with E-state index in [1.165, 1.54) is 22.3 Å². The Hall–Kier alpha value is -2.02. The largest absolute Gasteiger partial charge is 0.399 e. The van der Waals surface area contributed by atoms with Crippen LogP contribution in [0.4, 0.5) is 0 Å². The van der Waals surface area contributed by atoms with E-state index in [0.717, 1.165) is 5.70 Å². The zero-order valence-electron chi connectivity index (χ0n) is 9.43. The van der Waals surface area contributed by atoms with Gasteiger partial charge in [-0.1, -0.05) is 42.5 Å². The highest BCUT2D eigenvalue weighted by Gasteiger charge is 2.37. The van der Waals surface area contributed by atoms with Crippen molar-refractivity contribution in [2.24, 2.45) is 17.6 Å². The molecule has 1 heteroatoms. The molecule has 0 saturated heterocycles. The van der Waals surface area contributed by atoms with Crippen LogP contribution in [-0.4, -0.2) is 0 Å². The highest BCUT2D eigenvalue weighted by atomic mass is 14.6. The average molecular weight is 219 g/mol. The summed E-state index contributed by atoms with van der Waals surface area (Å²) in [7, 11) is 0. The van der Waals surface area contributed by atoms with E-state index in [1.54, 1.807) is 0 Å². The summed E-state index contributed by atoms with van der Waals surface area (Å²) >= 11 is 0. The van der Waals surface area contributed by atoms with E-state index in [4.69, 9.17) is 5.73 Å². The van der Waals surface area contributed by atoms with Crippen LogP contribution >= 0.6 is 0 Å². The molecule has 4 aliphatic rings. The van der Waals surface area contributed by atoms with Crippen molar-refractivity contribution in [3.8, 4) is 0 Å². The van der Waals surface area contributed by atoms with Crippen LogP contribution in [0.5, 0.6) is 0 Å². The minimum atomic E-state index is 0.475. The van der Waals surface area contributed by atoms with Gasteiger partial charge in [0.25, 0.3) is 0 Å². The smallest absolute Gasteiger partial charge is 0.0319 e. The summed E-state index contributed by atoms with van der Waals surface area (Å²) in [5, 5.41) is 0. The Bertz CT molecular complexity index is 618. The van der Waals surface area contributed by atoms with Gasteiger partial charge in [0.2, 0.25) is 0 Å². The van der Waals surface area contributed by atoms with Crippen molar-refractivity contribution in [1.29, 1.82) is 0 Å². The molecule has 4 rings (SSSR count). The van der Waals surface area contributed by atoms with Crippen LogP contribution in [0, 0.1) is 11.8 Å². The minimum Gasteiger partial charge on any atom is -0.399 e. The predicted molar refractivity (Wildman–Crippen MR) is 69.9 cm³/mol. The number of hydrogen-bond acceptors (Lipinski definition) is 1. The molecule has 1 nitrogen and oxygen atoms in total. The van der Waals surface area contributed by atoms with Gasteiger partial charge in [0, 0.05) is 17.5 Å². The van der Waals surface area contributed by atoms with Gasteiger partial charge >= 0.3 is 0 Å². The minimum absolute atomic E-state index is 0.475. The van der Waals surface area contributed by atoms with Crippen molar-refractivity contribution in [3.63, 3.8) is 0 Å². The second-order valence-electron chi connectivity index (χ2n) is 4.94. The lowest BCUT2D eigenvalue weighted by Gasteiger charge is -2.39. The summed E-state index contributed by atoms with van der Waals surface area (Å²) in [4.78, 5) is 0. The van der Waals surface area contributed by atoms with E-state index in [-0.39, 0.29) is 0 Å². The van der Waals surface area contributed by atoms with E-state index < -0.39 is 0 Å². The van der Waals surface area contributed by atoms with E-state index in [1.807, 2.05) is 0 Å². The molecule has 4 aliphatic carbocycles. The van der Waals surface area contributed by atoms with E-state index in [2.05, 4.69) is 54.7 Å². The Morgan fingerprint density at radius 1 is 0.706 bits per heavy atom. The Morgan fingerprint density at radius 2 is 1.41 bits per heavy atom. The van der Waals surface area contributed by atoms with Gasteiger partial charge in [-0.25, -0.2) is 0 Å². The molecule has 0 spiro atoms. The molecule has 0 aromatic carbocycles. The quantitative estimate of drug-likeness (QED) is 0.666. The number of rotatable bonds is 0. The van der Waals surface area contributed by atoms with Gasteiger partial charge in [0.15, 0.2) is 0 Å². The topological polar surface area (TPSA) is 26.0 Å². The lowest BCUT2D eigenvalue weighted by atomic mass is 9.64. The molecule has 0 radical (unpaired) electrons. The zero-order valence-corrected chi connectivity index (χ0v) is 9.43. The number of nitrogens with two attached hydrogens (primary N) is 1. The summed E-state index contributed by atoms with van der Waals surface area (Å²) in [5.41, 5.74) is 12.3. The fraction of sp³-hybridized carbons (Fsp3) is 0.125. The Labute approximate surface area is 101 Å². The van der Waals surface area contributed by atoms with Gasteiger partial charge in [-0.2, -0.15) is 0 Å². The second kappa shape index (κ2) is 3.01. The molecule has 0 bridgehead atoms. The molecule has 0 aromatic heterocycles. The first-order valence-corrected chi connectivity index (χ1v) is 6.00. The molecule has 0 aromatic rings. The highest BCUT2D eigenvalue weighted by Crippen LogP contribution is 2.48. The Balaban J connectivity index is 2.01. The zero-order chi connectivity index (χ0) is 11.4. The summed E-state index contributed by atoms with van der Waals surface area (Å²) in [6, 6.07) is 0. The third-order valence-electron chi connectivity index (χ3n) is 3.95.